The molecule has 5 nitrogen and oxygen atoms in total. The molecule has 0 fully saturated rings. The summed E-state index contributed by atoms with van der Waals surface area (Å²) < 4.78 is 0. The van der Waals surface area contributed by atoms with Crippen LogP contribution in [0.4, 0.5) is 4.79 Å². The zero-order valence-electron chi connectivity index (χ0n) is 13.8. The summed E-state index contributed by atoms with van der Waals surface area (Å²) >= 11 is 0. The van der Waals surface area contributed by atoms with Gasteiger partial charge in [0.1, 0.15) is 0 Å². The van der Waals surface area contributed by atoms with Crippen LogP contribution in [-0.4, -0.2) is 25.0 Å². The molecule has 0 radical (unpaired) electrons. The lowest BCUT2D eigenvalue weighted by atomic mass is 10.1. The largest absolute Gasteiger partial charge is 0.354 e. The number of amides is 3. The molecule has 0 atom stereocenters. The van der Waals surface area contributed by atoms with E-state index in [2.05, 4.69) is 16.0 Å². The maximum atomic E-state index is 11.7. The Morgan fingerprint density at radius 2 is 1.54 bits per heavy atom. The van der Waals surface area contributed by atoms with Crippen LogP contribution in [-0.2, 0) is 17.8 Å². The van der Waals surface area contributed by atoms with Gasteiger partial charge in [0.15, 0.2) is 0 Å². The smallest absolute Gasteiger partial charge is 0.315 e. The van der Waals surface area contributed by atoms with E-state index in [9.17, 15) is 9.59 Å². The molecule has 0 spiro atoms. The van der Waals surface area contributed by atoms with Gasteiger partial charge in [0.2, 0.25) is 5.91 Å². The molecular weight excluding hydrogens is 302 g/mol. The predicted octanol–water partition coefficient (Wildman–Crippen LogP) is 2.15. The van der Waals surface area contributed by atoms with Gasteiger partial charge in [-0.3, -0.25) is 4.79 Å². The van der Waals surface area contributed by atoms with Crippen molar-refractivity contribution in [3.05, 3.63) is 71.3 Å². The van der Waals surface area contributed by atoms with Gasteiger partial charge in [-0.05, 0) is 24.5 Å². The first-order chi connectivity index (χ1) is 11.6. The lowest BCUT2D eigenvalue weighted by Gasteiger charge is -2.09. The highest BCUT2D eigenvalue weighted by Gasteiger charge is 2.04. The van der Waals surface area contributed by atoms with Crippen molar-refractivity contribution in [1.29, 1.82) is 0 Å². The Bertz CT molecular complexity index is 654. The average molecular weight is 325 g/mol. The second kappa shape index (κ2) is 9.35. The van der Waals surface area contributed by atoms with Crippen molar-refractivity contribution in [1.82, 2.24) is 16.0 Å². The number of aryl methyl sites for hydroxylation is 1. The third-order valence-corrected chi connectivity index (χ3v) is 3.56. The van der Waals surface area contributed by atoms with Gasteiger partial charge in [-0.25, -0.2) is 4.79 Å². The third-order valence-electron chi connectivity index (χ3n) is 3.56. The molecule has 0 aromatic heterocycles. The zero-order chi connectivity index (χ0) is 17.2. The summed E-state index contributed by atoms with van der Waals surface area (Å²) in [6.07, 6.45) is 0.770. The van der Waals surface area contributed by atoms with Gasteiger partial charge < -0.3 is 16.0 Å². The highest BCUT2D eigenvalue weighted by molar-refractivity contribution is 5.83. The van der Waals surface area contributed by atoms with Crippen LogP contribution in [0, 0.1) is 6.92 Å². The molecule has 5 heteroatoms. The van der Waals surface area contributed by atoms with Crippen LogP contribution in [0.2, 0.25) is 0 Å². The number of carbonyl (C=O) groups is 2. The Morgan fingerprint density at radius 3 is 2.25 bits per heavy atom. The summed E-state index contributed by atoms with van der Waals surface area (Å²) in [5, 5.41) is 8.06. The van der Waals surface area contributed by atoms with E-state index < -0.39 is 0 Å². The van der Waals surface area contributed by atoms with Crippen LogP contribution in [0.3, 0.4) is 0 Å². The standard InChI is InChI=1S/C19H23N3O2/c1-15-7-9-17(10-8-15)13-21-19(24)22-14-18(23)20-12-11-16-5-3-2-4-6-16/h2-10H,11-14H2,1H3,(H,20,23)(H2,21,22,24). The number of benzene rings is 2. The van der Waals surface area contributed by atoms with Crippen LogP contribution in [0.15, 0.2) is 54.6 Å². The maximum absolute atomic E-state index is 11.7. The summed E-state index contributed by atoms with van der Waals surface area (Å²) in [5.41, 5.74) is 3.36. The van der Waals surface area contributed by atoms with Gasteiger partial charge >= 0.3 is 6.03 Å². The monoisotopic (exact) mass is 325 g/mol. The van der Waals surface area contributed by atoms with Crippen molar-refractivity contribution in [3.8, 4) is 0 Å². The molecule has 0 saturated carbocycles. The molecule has 0 aliphatic carbocycles. The Hall–Kier alpha value is -2.82. The van der Waals surface area contributed by atoms with Crippen LogP contribution < -0.4 is 16.0 Å². The molecule has 2 rings (SSSR count). The van der Waals surface area contributed by atoms with Gasteiger partial charge in [0.05, 0.1) is 6.54 Å². The van der Waals surface area contributed by atoms with Crippen molar-refractivity contribution in [3.63, 3.8) is 0 Å². The number of nitrogens with one attached hydrogen (secondary N) is 3. The van der Waals surface area contributed by atoms with E-state index in [0.29, 0.717) is 13.1 Å². The SMILES string of the molecule is Cc1ccc(CNC(=O)NCC(=O)NCCc2ccccc2)cc1. The summed E-state index contributed by atoms with van der Waals surface area (Å²) in [6.45, 7) is 2.96. The first-order valence-electron chi connectivity index (χ1n) is 8.01. The second-order valence-electron chi connectivity index (χ2n) is 5.61. The number of rotatable bonds is 7. The summed E-state index contributed by atoms with van der Waals surface area (Å²) in [5.74, 6) is -0.198. The maximum Gasteiger partial charge on any atom is 0.315 e. The molecule has 2 aromatic rings. The predicted molar refractivity (Wildman–Crippen MR) is 94.6 cm³/mol. The molecule has 0 aliphatic heterocycles. The van der Waals surface area contributed by atoms with E-state index in [0.717, 1.165) is 12.0 Å². The van der Waals surface area contributed by atoms with Gasteiger partial charge in [-0.1, -0.05) is 60.2 Å². The van der Waals surface area contributed by atoms with Gasteiger partial charge in [-0.15, -0.1) is 0 Å². The van der Waals surface area contributed by atoms with E-state index in [1.165, 1.54) is 11.1 Å². The number of carbonyl (C=O) groups excluding carboxylic acids is 2. The molecule has 2 aromatic carbocycles. The molecule has 0 heterocycles. The average Bonchev–Trinajstić information content (AvgIpc) is 2.60. The van der Waals surface area contributed by atoms with Crippen LogP contribution in [0.25, 0.3) is 0 Å². The quantitative estimate of drug-likeness (QED) is 0.730. The first kappa shape index (κ1) is 17.5. The van der Waals surface area contributed by atoms with Crippen molar-refractivity contribution in [2.75, 3.05) is 13.1 Å². The fourth-order valence-electron chi connectivity index (χ4n) is 2.16. The fraction of sp³-hybridized carbons (Fsp3) is 0.263. The normalized spacial score (nSPS) is 10.0. The van der Waals surface area contributed by atoms with Crippen LogP contribution in [0.5, 0.6) is 0 Å². The highest BCUT2D eigenvalue weighted by Crippen LogP contribution is 2.02. The van der Waals surface area contributed by atoms with Crippen molar-refractivity contribution >= 4 is 11.9 Å². The molecule has 24 heavy (non-hydrogen) atoms. The van der Waals surface area contributed by atoms with E-state index in [1.54, 1.807) is 0 Å². The molecule has 0 aliphatic rings. The Balaban J connectivity index is 1.59. The third kappa shape index (κ3) is 6.52. The van der Waals surface area contributed by atoms with Crippen molar-refractivity contribution in [2.24, 2.45) is 0 Å². The molecule has 3 N–H and O–H groups in total. The first-order valence-corrected chi connectivity index (χ1v) is 8.01. The minimum atomic E-state index is -0.353. The minimum Gasteiger partial charge on any atom is -0.354 e. The Kier molecular flexibility index (Phi) is 6.83. The summed E-state index contributed by atoms with van der Waals surface area (Å²) in [6, 6.07) is 17.5. The van der Waals surface area contributed by atoms with Gasteiger partial charge in [-0.2, -0.15) is 0 Å². The molecule has 0 saturated heterocycles. The topological polar surface area (TPSA) is 70.2 Å². The Morgan fingerprint density at radius 1 is 0.833 bits per heavy atom. The Labute approximate surface area is 142 Å². The van der Waals surface area contributed by atoms with Crippen molar-refractivity contribution in [2.45, 2.75) is 19.9 Å². The van der Waals surface area contributed by atoms with Crippen LogP contribution >= 0.6 is 0 Å². The lowest BCUT2D eigenvalue weighted by molar-refractivity contribution is -0.120. The second-order valence-corrected chi connectivity index (χ2v) is 5.61. The lowest BCUT2D eigenvalue weighted by Crippen LogP contribution is -2.42. The zero-order valence-corrected chi connectivity index (χ0v) is 13.8. The van der Waals surface area contributed by atoms with Gasteiger partial charge in [0.25, 0.3) is 0 Å². The molecule has 0 unspecified atom stereocenters. The highest BCUT2D eigenvalue weighted by atomic mass is 16.2. The molecule has 0 bridgehead atoms. The summed E-state index contributed by atoms with van der Waals surface area (Å²) in [4.78, 5) is 23.4. The molecular formula is C19H23N3O2. The number of urea groups is 1. The minimum absolute atomic E-state index is 0.0332. The summed E-state index contributed by atoms with van der Waals surface area (Å²) in [7, 11) is 0. The van der Waals surface area contributed by atoms with E-state index in [4.69, 9.17) is 0 Å². The van der Waals surface area contributed by atoms with E-state index in [-0.39, 0.29) is 18.5 Å². The van der Waals surface area contributed by atoms with Gasteiger partial charge in [0, 0.05) is 13.1 Å². The van der Waals surface area contributed by atoms with E-state index >= 15 is 0 Å². The van der Waals surface area contributed by atoms with Crippen LogP contribution in [0.1, 0.15) is 16.7 Å². The number of hydrogen-bond acceptors (Lipinski definition) is 2. The molecule has 126 valence electrons. The van der Waals surface area contributed by atoms with E-state index in [1.807, 2.05) is 61.5 Å². The molecule has 3 amide bonds. The number of hydrogen-bond donors (Lipinski definition) is 3. The van der Waals surface area contributed by atoms with Crippen molar-refractivity contribution < 1.29 is 9.59 Å². The fourth-order valence-corrected chi connectivity index (χ4v) is 2.16.